The van der Waals surface area contributed by atoms with Crippen LogP contribution in [0.2, 0.25) is 0 Å². The molecule has 1 aliphatic heterocycles. The Morgan fingerprint density at radius 3 is 2.66 bits per heavy atom. The Balaban J connectivity index is 1.77. The molecule has 3 rings (SSSR count). The molecule has 2 heterocycles. The van der Waals surface area contributed by atoms with E-state index < -0.39 is 0 Å². The van der Waals surface area contributed by atoms with Gasteiger partial charge in [-0.05, 0) is 47.9 Å². The number of rotatable bonds is 10. The van der Waals surface area contributed by atoms with Crippen molar-refractivity contribution in [1.82, 2.24) is 9.80 Å². The standard InChI is InChI=1S/C25H34N2O4S/c1-5-12-26(24(28)15-18(2)3)16-25(29)27-13-10-23-19(11-14-32-23)20(27)17-31-22-9-7-6-8-21(22)30-4/h6-9,11,14,18,20H,5,10,12-13,15-17H2,1-4H3/t20-/m0/s1. The van der Waals surface area contributed by atoms with Crippen LogP contribution in [-0.4, -0.2) is 55.0 Å². The fraction of sp³-hybridized carbons (Fsp3) is 0.520. The number of thiophene rings is 1. The second kappa shape index (κ2) is 11.4. The molecule has 0 spiro atoms. The summed E-state index contributed by atoms with van der Waals surface area (Å²) < 4.78 is 11.5. The molecule has 7 heteroatoms. The van der Waals surface area contributed by atoms with Crippen LogP contribution in [0.5, 0.6) is 11.5 Å². The first-order chi connectivity index (χ1) is 15.4. The third-order valence-electron chi connectivity index (χ3n) is 5.64. The molecule has 0 radical (unpaired) electrons. The van der Waals surface area contributed by atoms with Crippen molar-refractivity contribution < 1.29 is 19.1 Å². The molecule has 0 N–H and O–H groups in total. The summed E-state index contributed by atoms with van der Waals surface area (Å²) >= 11 is 1.72. The minimum absolute atomic E-state index is 0.0268. The second-order valence-electron chi connectivity index (χ2n) is 8.53. The predicted molar refractivity (Wildman–Crippen MR) is 127 cm³/mol. The number of fused-ring (bicyclic) bond motifs is 1. The molecular weight excluding hydrogens is 424 g/mol. The van der Waals surface area contributed by atoms with Crippen molar-refractivity contribution in [3.63, 3.8) is 0 Å². The van der Waals surface area contributed by atoms with Crippen LogP contribution in [0, 0.1) is 5.92 Å². The Morgan fingerprint density at radius 1 is 1.22 bits per heavy atom. The van der Waals surface area contributed by atoms with Crippen LogP contribution in [0.25, 0.3) is 0 Å². The van der Waals surface area contributed by atoms with E-state index in [0.29, 0.717) is 37.6 Å². The number of hydrogen-bond acceptors (Lipinski definition) is 5. The van der Waals surface area contributed by atoms with E-state index in [0.717, 1.165) is 18.4 Å². The number of para-hydroxylation sites is 2. The summed E-state index contributed by atoms with van der Waals surface area (Å²) in [6, 6.07) is 9.43. The topological polar surface area (TPSA) is 59.1 Å². The molecule has 0 saturated carbocycles. The van der Waals surface area contributed by atoms with Crippen molar-refractivity contribution in [2.75, 3.05) is 33.4 Å². The normalized spacial score (nSPS) is 15.4. The van der Waals surface area contributed by atoms with Crippen LogP contribution in [0.4, 0.5) is 0 Å². The number of amides is 2. The summed E-state index contributed by atoms with van der Waals surface area (Å²) in [6.45, 7) is 7.76. The zero-order chi connectivity index (χ0) is 23.1. The Kier molecular flexibility index (Phi) is 8.56. The van der Waals surface area contributed by atoms with Gasteiger partial charge >= 0.3 is 0 Å². The maximum Gasteiger partial charge on any atom is 0.242 e. The summed E-state index contributed by atoms with van der Waals surface area (Å²) in [6.07, 6.45) is 2.12. The molecule has 0 bridgehead atoms. The van der Waals surface area contributed by atoms with Crippen molar-refractivity contribution in [2.45, 2.75) is 46.1 Å². The first-order valence-corrected chi connectivity index (χ1v) is 12.2. The van der Waals surface area contributed by atoms with E-state index in [1.165, 1.54) is 4.88 Å². The van der Waals surface area contributed by atoms with Crippen molar-refractivity contribution in [3.05, 3.63) is 46.2 Å². The van der Waals surface area contributed by atoms with Gasteiger partial charge in [-0.2, -0.15) is 0 Å². The fourth-order valence-corrected chi connectivity index (χ4v) is 5.00. The molecule has 1 aromatic heterocycles. The molecule has 0 saturated heterocycles. The number of carbonyl (C=O) groups excluding carboxylic acids is 2. The lowest BCUT2D eigenvalue weighted by Crippen LogP contribution is -2.48. The molecule has 1 atom stereocenters. The van der Waals surface area contributed by atoms with Crippen LogP contribution in [-0.2, 0) is 16.0 Å². The Labute approximate surface area is 195 Å². The highest BCUT2D eigenvalue weighted by Crippen LogP contribution is 2.35. The van der Waals surface area contributed by atoms with Crippen molar-refractivity contribution in [2.24, 2.45) is 5.92 Å². The number of ether oxygens (including phenoxy) is 2. The van der Waals surface area contributed by atoms with E-state index >= 15 is 0 Å². The molecule has 0 aliphatic carbocycles. The molecular formula is C25H34N2O4S. The first-order valence-electron chi connectivity index (χ1n) is 11.3. The predicted octanol–water partition coefficient (Wildman–Crippen LogP) is 4.55. The van der Waals surface area contributed by atoms with E-state index in [4.69, 9.17) is 9.47 Å². The van der Waals surface area contributed by atoms with Crippen LogP contribution in [0.3, 0.4) is 0 Å². The molecule has 0 unspecified atom stereocenters. The Morgan fingerprint density at radius 2 is 1.97 bits per heavy atom. The average molecular weight is 459 g/mol. The summed E-state index contributed by atoms with van der Waals surface area (Å²) in [4.78, 5) is 31.0. The first kappa shape index (κ1) is 24.1. The SMILES string of the molecule is CCCN(CC(=O)N1CCc2sccc2[C@@H]1COc1ccccc1OC)C(=O)CC(C)C. The number of hydrogen-bond donors (Lipinski definition) is 0. The molecule has 174 valence electrons. The van der Waals surface area contributed by atoms with Crippen molar-refractivity contribution >= 4 is 23.2 Å². The maximum absolute atomic E-state index is 13.4. The minimum atomic E-state index is -0.189. The van der Waals surface area contributed by atoms with E-state index in [1.807, 2.05) is 49.9 Å². The monoisotopic (exact) mass is 458 g/mol. The molecule has 1 aromatic carbocycles. The zero-order valence-corrected chi connectivity index (χ0v) is 20.3. The summed E-state index contributed by atoms with van der Waals surface area (Å²) in [5.41, 5.74) is 1.14. The van der Waals surface area contributed by atoms with E-state index in [2.05, 4.69) is 11.4 Å². The molecule has 1 aliphatic rings. The van der Waals surface area contributed by atoms with Gasteiger partial charge in [0.05, 0.1) is 19.7 Å². The number of nitrogens with zero attached hydrogens (tertiary/aromatic N) is 2. The van der Waals surface area contributed by atoms with Crippen LogP contribution in [0.15, 0.2) is 35.7 Å². The highest BCUT2D eigenvalue weighted by Gasteiger charge is 2.33. The number of benzene rings is 1. The van der Waals surface area contributed by atoms with Gasteiger partial charge in [0.1, 0.15) is 6.61 Å². The van der Waals surface area contributed by atoms with Gasteiger partial charge in [0.25, 0.3) is 0 Å². The number of carbonyl (C=O) groups is 2. The highest BCUT2D eigenvalue weighted by atomic mass is 32.1. The van der Waals surface area contributed by atoms with Crippen LogP contribution in [0.1, 0.15) is 50.1 Å². The average Bonchev–Trinajstić information content (AvgIpc) is 3.26. The third-order valence-corrected chi connectivity index (χ3v) is 6.63. The second-order valence-corrected chi connectivity index (χ2v) is 9.53. The van der Waals surface area contributed by atoms with Gasteiger partial charge in [-0.1, -0.05) is 32.9 Å². The van der Waals surface area contributed by atoms with Crippen LogP contribution < -0.4 is 9.47 Å². The van der Waals surface area contributed by atoms with Gasteiger partial charge in [-0.25, -0.2) is 0 Å². The molecule has 0 fully saturated rings. The van der Waals surface area contributed by atoms with Gasteiger partial charge in [-0.3, -0.25) is 9.59 Å². The summed E-state index contributed by atoms with van der Waals surface area (Å²) in [7, 11) is 1.62. The highest BCUT2D eigenvalue weighted by molar-refractivity contribution is 7.10. The Hall–Kier alpha value is -2.54. The van der Waals surface area contributed by atoms with Gasteiger partial charge in [-0.15, -0.1) is 11.3 Å². The zero-order valence-electron chi connectivity index (χ0n) is 19.5. The fourth-order valence-electron chi connectivity index (χ4n) is 4.08. The lowest BCUT2D eigenvalue weighted by Gasteiger charge is -2.37. The van der Waals surface area contributed by atoms with Crippen molar-refractivity contribution in [3.8, 4) is 11.5 Å². The van der Waals surface area contributed by atoms with E-state index in [-0.39, 0.29) is 30.3 Å². The molecule has 6 nitrogen and oxygen atoms in total. The quantitative estimate of drug-likeness (QED) is 0.524. The third kappa shape index (κ3) is 5.82. The molecule has 2 aromatic rings. The number of methoxy groups -OCH3 is 1. The van der Waals surface area contributed by atoms with E-state index in [9.17, 15) is 9.59 Å². The van der Waals surface area contributed by atoms with Gasteiger partial charge in [0.2, 0.25) is 11.8 Å². The summed E-state index contributed by atoms with van der Waals surface area (Å²) in [5.74, 6) is 1.61. The Bertz CT molecular complexity index is 911. The van der Waals surface area contributed by atoms with Crippen LogP contribution >= 0.6 is 11.3 Å². The molecule has 2 amide bonds. The lowest BCUT2D eigenvalue weighted by molar-refractivity contribution is -0.143. The van der Waals surface area contributed by atoms with Gasteiger partial charge in [0.15, 0.2) is 11.5 Å². The van der Waals surface area contributed by atoms with E-state index in [1.54, 1.807) is 23.3 Å². The molecule has 32 heavy (non-hydrogen) atoms. The maximum atomic E-state index is 13.4. The smallest absolute Gasteiger partial charge is 0.242 e. The van der Waals surface area contributed by atoms with Crippen molar-refractivity contribution in [1.29, 1.82) is 0 Å². The minimum Gasteiger partial charge on any atom is -0.493 e. The largest absolute Gasteiger partial charge is 0.493 e. The van der Waals surface area contributed by atoms with Gasteiger partial charge in [0, 0.05) is 24.4 Å². The summed E-state index contributed by atoms with van der Waals surface area (Å²) in [5, 5.41) is 2.07. The lowest BCUT2D eigenvalue weighted by atomic mass is 10.00. The van der Waals surface area contributed by atoms with Gasteiger partial charge < -0.3 is 19.3 Å².